The Morgan fingerprint density at radius 3 is 2.00 bits per heavy atom. The molecule has 144 valence electrons. The second-order valence-electron chi connectivity index (χ2n) is 6.73. The molecule has 2 aromatic rings. The summed E-state index contributed by atoms with van der Waals surface area (Å²) in [6, 6.07) is 2.23. The third kappa shape index (κ3) is 4.25. The number of hydrogen-bond donors (Lipinski definition) is 0. The molecule has 4 rings (SSSR count). The number of anilines is 2. The lowest BCUT2D eigenvalue weighted by atomic mass is 10.3. The van der Waals surface area contributed by atoms with Gasteiger partial charge in [-0.15, -0.1) is 0 Å². The van der Waals surface area contributed by atoms with Gasteiger partial charge in [0.2, 0.25) is 5.95 Å². The van der Waals surface area contributed by atoms with E-state index in [0.717, 1.165) is 43.6 Å². The van der Waals surface area contributed by atoms with Crippen LogP contribution in [0.1, 0.15) is 31.4 Å². The van der Waals surface area contributed by atoms with E-state index < -0.39 is 10.4 Å². The maximum absolute atomic E-state index is 8.52. The Balaban J connectivity index is 0.000000349. The van der Waals surface area contributed by atoms with Crippen molar-refractivity contribution in [3.8, 4) is 0 Å². The van der Waals surface area contributed by atoms with Crippen LogP contribution in [0, 0.1) is 6.92 Å². The van der Waals surface area contributed by atoms with Crippen LogP contribution >= 0.6 is 0 Å². The fourth-order valence-corrected chi connectivity index (χ4v) is 3.52. The summed E-state index contributed by atoms with van der Waals surface area (Å²) in [7, 11) is -3.06. The van der Waals surface area contributed by atoms with E-state index in [-0.39, 0.29) is 0 Å². The van der Waals surface area contributed by atoms with Gasteiger partial charge >= 0.3 is 0 Å². The molecule has 0 atom stereocenters. The summed E-state index contributed by atoms with van der Waals surface area (Å²) in [4.78, 5) is 14.6. The average Bonchev–Trinajstić information content (AvgIpc) is 3.28. The zero-order chi connectivity index (χ0) is 18.9. The summed E-state index contributed by atoms with van der Waals surface area (Å²) in [5.41, 5.74) is 2.32. The predicted molar refractivity (Wildman–Crippen MR) is 96.6 cm³/mol. The van der Waals surface area contributed by atoms with Gasteiger partial charge in [-0.1, -0.05) is 0 Å². The highest BCUT2D eigenvalue weighted by atomic mass is 32.3. The van der Waals surface area contributed by atoms with Crippen molar-refractivity contribution in [2.75, 3.05) is 36.0 Å². The van der Waals surface area contributed by atoms with Crippen molar-refractivity contribution in [2.24, 2.45) is 7.05 Å². The maximum Gasteiger partial charge on any atom is 0.229 e. The minimum atomic E-state index is -5.17. The normalized spacial score (nSPS) is 17.7. The Morgan fingerprint density at radius 2 is 1.46 bits per heavy atom. The van der Waals surface area contributed by atoms with Gasteiger partial charge in [0.25, 0.3) is 0 Å². The van der Waals surface area contributed by atoms with Crippen LogP contribution in [0.2, 0.25) is 0 Å². The van der Waals surface area contributed by atoms with Crippen molar-refractivity contribution in [2.45, 2.75) is 32.6 Å². The summed E-state index contributed by atoms with van der Waals surface area (Å²) >= 11 is 0. The van der Waals surface area contributed by atoms with Crippen LogP contribution in [0.25, 0.3) is 11.0 Å². The summed E-state index contributed by atoms with van der Waals surface area (Å²) < 4.78 is 36.3. The van der Waals surface area contributed by atoms with Crippen molar-refractivity contribution in [3.63, 3.8) is 0 Å². The van der Waals surface area contributed by atoms with Crippen molar-refractivity contribution in [3.05, 3.63) is 11.8 Å². The van der Waals surface area contributed by atoms with Gasteiger partial charge in [0, 0.05) is 49.3 Å². The molecule has 4 heterocycles. The van der Waals surface area contributed by atoms with Gasteiger partial charge in [0.05, 0.1) is 5.39 Å². The molecule has 0 saturated carbocycles. The first-order chi connectivity index (χ1) is 12.2. The molecule has 0 spiro atoms. The highest BCUT2D eigenvalue weighted by Crippen LogP contribution is 2.31. The van der Waals surface area contributed by atoms with E-state index in [2.05, 4.69) is 34.4 Å². The lowest BCUT2D eigenvalue weighted by Gasteiger charge is -2.21. The number of nitrogens with zero attached hydrogens (tertiary/aromatic N) is 5. The highest BCUT2D eigenvalue weighted by Gasteiger charge is 2.23. The molecule has 0 bridgehead atoms. The van der Waals surface area contributed by atoms with E-state index in [1.807, 2.05) is 0 Å². The zero-order valence-electron chi connectivity index (χ0n) is 15.0. The van der Waals surface area contributed by atoms with Gasteiger partial charge in [0.15, 0.2) is 0 Å². The number of rotatable bonds is 2. The van der Waals surface area contributed by atoms with Crippen LogP contribution in [0.5, 0.6) is 0 Å². The molecule has 2 fully saturated rings. The molecule has 0 aromatic carbocycles. The minimum absolute atomic E-state index is 0.920. The van der Waals surface area contributed by atoms with Gasteiger partial charge in [-0.3, -0.25) is 8.42 Å². The van der Waals surface area contributed by atoms with Crippen LogP contribution < -0.4 is 9.80 Å². The third-order valence-corrected chi connectivity index (χ3v) is 4.89. The summed E-state index contributed by atoms with van der Waals surface area (Å²) in [5, 5.41) is 1.21. The van der Waals surface area contributed by atoms with Crippen molar-refractivity contribution >= 4 is 33.2 Å². The largest absolute Gasteiger partial charge is 0.759 e. The molecular weight excluding hydrogens is 358 g/mol. The lowest BCUT2D eigenvalue weighted by Crippen LogP contribution is -2.24. The Kier molecular flexibility index (Phi) is 5.35. The van der Waals surface area contributed by atoms with E-state index in [4.69, 9.17) is 27.5 Å². The van der Waals surface area contributed by atoms with Crippen molar-refractivity contribution in [1.82, 2.24) is 14.5 Å². The van der Waals surface area contributed by atoms with E-state index >= 15 is 0 Å². The van der Waals surface area contributed by atoms with E-state index in [1.54, 1.807) is 0 Å². The molecule has 9 nitrogen and oxygen atoms in total. The Bertz CT molecular complexity index is 876. The quantitative estimate of drug-likeness (QED) is 0.561. The number of aromatic nitrogens is 3. The van der Waals surface area contributed by atoms with Crippen LogP contribution in [0.4, 0.5) is 11.8 Å². The molecule has 10 heteroatoms. The Labute approximate surface area is 153 Å². The number of fused-ring (bicyclic) bond motifs is 1. The topological polar surface area (TPSA) is 117 Å². The standard InChI is InChI=1S/C16H23N5.H2O4S/c1-12-11-13-14(19(12)2)17-16(21-9-5-6-10-21)18-15(13)20-7-3-4-8-20;1-5(2,3)4/h11H,3-10H2,1-2H3;(H2,1,2,3,4)/p-2. The first-order valence-corrected chi connectivity index (χ1v) is 10.1. The second-order valence-corrected chi connectivity index (χ2v) is 7.54. The van der Waals surface area contributed by atoms with Gasteiger partial charge < -0.3 is 23.5 Å². The monoisotopic (exact) mass is 381 g/mol. The molecule has 0 aliphatic carbocycles. The fraction of sp³-hybridized carbons (Fsp3) is 0.625. The van der Waals surface area contributed by atoms with Crippen LogP contribution in [0.3, 0.4) is 0 Å². The summed E-state index contributed by atoms with van der Waals surface area (Å²) in [5.74, 6) is 2.06. The molecule has 2 aliphatic heterocycles. The zero-order valence-corrected chi connectivity index (χ0v) is 15.8. The summed E-state index contributed by atoms with van der Waals surface area (Å²) in [6.07, 6.45) is 5.06. The first-order valence-electron chi connectivity index (χ1n) is 8.74. The van der Waals surface area contributed by atoms with E-state index in [0.29, 0.717) is 0 Å². The van der Waals surface area contributed by atoms with E-state index in [9.17, 15) is 0 Å². The van der Waals surface area contributed by atoms with Gasteiger partial charge in [0.1, 0.15) is 11.5 Å². The second kappa shape index (κ2) is 7.37. The van der Waals surface area contributed by atoms with Crippen LogP contribution in [-0.2, 0) is 17.4 Å². The SMILES string of the molecule is Cc1cc2c(N3CCCC3)nc(N3CCCC3)nc2n1C.O=S(=O)([O-])[O-]. The number of hydrogen-bond acceptors (Lipinski definition) is 8. The van der Waals surface area contributed by atoms with Gasteiger partial charge in [-0.05, 0) is 38.7 Å². The molecule has 0 radical (unpaired) electrons. The number of aryl methyl sites for hydroxylation is 2. The fourth-order valence-electron chi connectivity index (χ4n) is 3.52. The van der Waals surface area contributed by atoms with Crippen molar-refractivity contribution in [1.29, 1.82) is 0 Å². The lowest BCUT2D eigenvalue weighted by molar-refractivity contribution is 0.352. The average molecular weight is 381 g/mol. The van der Waals surface area contributed by atoms with Gasteiger partial charge in [-0.25, -0.2) is 0 Å². The molecule has 2 aliphatic rings. The summed E-state index contributed by atoms with van der Waals surface area (Å²) in [6.45, 7) is 6.58. The molecule has 2 aromatic heterocycles. The molecular formula is C16H23N5O4S-2. The van der Waals surface area contributed by atoms with Crippen molar-refractivity contribution < 1.29 is 17.5 Å². The first kappa shape index (κ1) is 18.9. The Hall–Kier alpha value is -1.91. The molecule has 2 saturated heterocycles. The van der Waals surface area contributed by atoms with Crippen LogP contribution in [0.15, 0.2) is 6.07 Å². The van der Waals surface area contributed by atoms with Gasteiger partial charge in [-0.2, -0.15) is 9.97 Å². The van der Waals surface area contributed by atoms with Crippen LogP contribution in [-0.4, -0.2) is 58.2 Å². The van der Waals surface area contributed by atoms with E-state index in [1.165, 1.54) is 36.8 Å². The minimum Gasteiger partial charge on any atom is -0.759 e. The molecule has 0 amide bonds. The third-order valence-electron chi connectivity index (χ3n) is 4.89. The highest BCUT2D eigenvalue weighted by molar-refractivity contribution is 7.79. The smallest absolute Gasteiger partial charge is 0.229 e. The Morgan fingerprint density at radius 1 is 0.962 bits per heavy atom. The molecule has 0 unspecified atom stereocenters. The molecule has 26 heavy (non-hydrogen) atoms. The predicted octanol–water partition coefficient (Wildman–Crippen LogP) is 1.14. The maximum atomic E-state index is 8.52. The molecule has 0 N–H and O–H groups in total.